The second kappa shape index (κ2) is 8.50. The summed E-state index contributed by atoms with van der Waals surface area (Å²) in [7, 11) is 1.78. The minimum absolute atomic E-state index is 0.0513. The molecule has 1 aliphatic heterocycles. The van der Waals surface area contributed by atoms with E-state index in [2.05, 4.69) is 26.1 Å². The highest BCUT2D eigenvalue weighted by Gasteiger charge is 2.19. The summed E-state index contributed by atoms with van der Waals surface area (Å²) in [4.78, 5) is 14.7. The molecular weight excluding hydrogens is 380 g/mol. The molecule has 0 saturated carbocycles. The standard InChI is InChI=1S/C20H23BrN2O2/c1-25-19-9-11-23(12-10-19)18-7-5-16(6-8-18)20(24)22-14-15-3-2-4-17(21)13-15/h2-8,13,19H,9-12,14H2,1H3,(H,22,24). The van der Waals surface area contributed by atoms with Crippen LogP contribution in [0.1, 0.15) is 28.8 Å². The Hall–Kier alpha value is -1.85. The first-order valence-corrected chi connectivity index (χ1v) is 9.35. The molecule has 1 saturated heterocycles. The van der Waals surface area contributed by atoms with Crippen LogP contribution >= 0.6 is 15.9 Å². The van der Waals surface area contributed by atoms with Crippen LogP contribution in [-0.2, 0) is 11.3 Å². The summed E-state index contributed by atoms with van der Waals surface area (Å²) >= 11 is 3.44. The van der Waals surface area contributed by atoms with E-state index in [0.29, 0.717) is 18.2 Å². The third kappa shape index (κ3) is 4.83. The van der Waals surface area contributed by atoms with Crippen LogP contribution in [0.4, 0.5) is 5.69 Å². The number of nitrogens with one attached hydrogen (secondary N) is 1. The minimum atomic E-state index is -0.0513. The Morgan fingerprint density at radius 3 is 2.56 bits per heavy atom. The average molecular weight is 403 g/mol. The third-order valence-electron chi connectivity index (χ3n) is 4.61. The molecule has 1 heterocycles. The Morgan fingerprint density at radius 2 is 1.92 bits per heavy atom. The van der Waals surface area contributed by atoms with E-state index in [-0.39, 0.29) is 5.91 Å². The van der Waals surface area contributed by atoms with Crippen molar-refractivity contribution in [3.05, 3.63) is 64.1 Å². The summed E-state index contributed by atoms with van der Waals surface area (Å²) in [6, 6.07) is 15.8. The Bertz CT molecular complexity index is 710. The van der Waals surface area contributed by atoms with Gasteiger partial charge in [-0.3, -0.25) is 4.79 Å². The lowest BCUT2D eigenvalue weighted by Gasteiger charge is -2.33. The molecule has 4 nitrogen and oxygen atoms in total. The quantitative estimate of drug-likeness (QED) is 0.821. The number of amides is 1. The molecule has 1 fully saturated rings. The first kappa shape index (κ1) is 18.0. The second-order valence-corrected chi connectivity index (χ2v) is 7.20. The Kier molecular flexibility index (Phi) is 6.10. The Morgan fingerprint density at radius 1 is 1.20 bits per heavy atom. The zero-order chi connectivity index (χ0) is 17.6. The summed E-state index contributed by atoms with van der Waals surface area (Å²) in [5.74, 6) is -0.0513. The summed E-state index contributed by atoms with van der Waals surface area (Å²) in [6.07, 6.45) is 2.47. The maximum Gasteiger partial charge on any atom is 0.251 e. The number of rotatable bonds is 5. The van der Waals surface area contributed by atoms with Crippen LogP contribution in [0, 0.1) is 0 Å². The molecule has 0 bridgehead atoms. The lowest BCUT2D eigenvalue weighted by Crippen LogP contribution is -2.36. The van der Waals surface area contributed by atoms with Gasteiger partial charge in [-0.05, 0) is 54.8 Å². The number of benzene rings is 2. The number of carbonyl (C=O) groups excluding carboxylic acids is 1. The van der Waals surface area contributed by atoms with Crippen molar-refractivity contribution < 1.29 is 9.53 Å². The molecule has 1 amide bonds. The van der Waals surface area contributed by atoms with Crippen molar-refractivity contribution in [2.24, 2.45) is 0 Å². The van der Waals surface area contributed by atoms with E-state index in [1.54, 1.807) is 7.11 Å². The number of nitrogens with zero attached hydrogens (tertiary/aromatic N) is 1. The minimum Gasteiger partial charge on any atom is -0.381 e. The van der Waals surface area contributed by atoms with Gasteiger partial charge in [0.05, 0.1) is 6.10 Å². The van der Waals surface area contributed by atoms with Crippen LogP contribution in [0.2, 0.25) is 0 Å². The van der Waals surface area contributed by atoms with E-state index in [4.69, 9.17) is 4.74 Å². The maximum atomic E-state index is 12.3. The second-order valence-electron chi connectivity index (χ2n) is 6.28. The van der Waals surface area contributed by atoms with Crippen LogP contribution in [0.3, 0.4) is 0 Å². The summed E-state index contributed by atoms with van der Waals surface area (Å²) in [6.45, 7) is 2.50. The van der Waals surface area contributed by atoms with Crippen molar-refractivity contribution in [1.29, 1.82) is 0 Å². The van der Waals surface area contributed by atoms with Crippen LogP contribution in [0.5, 0.6) is 0 Å². The fourth-order valence-corrected chi connectivity index (χ4v) is 3.55. The third-order valence-corrected chi connectivity index (χ3v) is 5.11. The number of hydrogen-bond donors (Lipinski definition) is 1. The molecule has 2 aromatic rings. The molecule has 0 aliphatic carbocycles. The topological polar surface area (TPSA) is 41.6 Å². The van der Waals surface area contributed by atoms with Gasteiger partial charge in [0.1, 0.15) is 0 Å². The predicted molar refractivity (Wildman–Crippen MR) is 104 cm³/mol. The molecule has 0 radical (unpaired) electrons. The highest BCUT2D eigenvalue weighted by Crippen LogP contribution is 2.21. The van der Waals surface area contributed by atoms with Crippen LogP contribution in [-0.4, -0.2) is 32.2 Å². The predicted octanol–water partition coefficient (Wildman–Crippen LogP) is 3.99. The maximum absolute atomic E-state index is 12.3. The van der Waals surface area contributed by atoms with Crippen molar-refractivity contribution in [3.8, 4) is 0 Å². The van der Waals surface area contributed by atoms with Gasteiger partial charge in [-0.1, -0.05) is 28.1 Å². The molecular formula is C20H23BrN2O2. The van der Waals surface area contributed by atoms with Gasteiger partial charge in [0.25, 0.3) is 5.91 Å². The van der Waals surface area contributed by atoms with Crippen LogP contribution in [0.15, 0.2) is 53.0 Å². The monoisotopic (exact) mass is 402 g/mol. The lowest BCUT2D eigenvalue weighted by molar-refractivity contribution is 0.0819. The number of piperidine rings is 1. The zero-order valence-electron chi connectivity index (χ0n) is 14.4. The van der Waals surface area contributed by atoms with Crippen molar-refractivity contribution in [3.63, 3.8) is 0 Å². The highest BCUT2D eigenvalue weighted by atomic mass is 79.9. The SMILES string of the molecule is COC1CCN(c2ccc(C(=O)NCc3cccc(Br)c3)cc2)CC1. The van der Waals surface area contributed by atoms with Crippen molar-refractivity contribution in [2.45, 2.75) is 25.5 Å². The molecule has 132 valence electrons. The molecule has 5 heteroatoms. The van der Waals surface area contributed by atoms with Gasteiger partial charge in [-0.15, -0.1) is 0 Å². The average Bonchev–Trinajstić information content (AvgIpc) is 2.66. The largest absolute Gasteiger partial charge is 0.381 e. The van der Waals surface area contributed by atoms with Gasteiger partial charge in [-0.25, -0.2) is 0 Å². The smallest absolute Gasteiger partial charge is 0.251 e. The van der Waals surface area contributed by atoms with Crippen molar-refractivity contribution in [2.75, 3.05) is 25.1 Å². The normalized spacial score (nSPS) is 15.2. The van der Waals surface area contributed by atoms with Crippen molar-refractivity contribution >= 4 is 27.5 Å². The lowest BCUT2D eigenvalue weighted by atomic mass is 10.1. The number of hydrogen-bond acceptors (Lipinski definition) is 3. The molecule has 1 N–H and O–H groups in total. The van der Waals surface area contributed by atoms with Gasteiger partial charge in [0, 0.05) is 42.5 Å². The number of ether oxygens (including phenoxy) is 1. The molecule has 1 aliphatic rings. The van der Waals surface area contributed by atoms with Gasteiger partial charge in [0.15, 0.2) is 0 Å². The van der Waals surface area contributed by atoms with E-state index >= 15 is 0 Å². The first-order valence-electron chi connectivity index (χ1n) is 8.56. The number of anilines is 1. The summed E-state index contributed by atoms with van der Waals surface area (Å²) in [5.41, 5.74) is 2.92. The molecule has 3 rings (SSSR count). The van der Waals surface area contributed by atoms with E-state index in [9.17, 15) is 4.79 Å². The zero-order valence-corrected chi connectivity index (χ0v) is 16.0. The number of carbonyl (C=O) groups is 1. The number of halogens is 1. The first-order chi connectivity index (χ1) is 12.2. The fraction of sp³-hybridized carbons (Fsp3) is 0.350. The summed E-state index contributed by atoms with van der Waals surface area (Å²) < 4.78 is 6.43. The highest BCUT2D eigenvalue weighted by molar-refractivity contribution is 9.10. The van der Waals surface area contributed by atoms with E-state index in [0.717, 1.165) is 41.7 Å². The van der Waals surface area contributed by atoms with Gasteiger partial charge >= 0.3 is 0 Å². The number of methoxy groups -OCH3 is 1. The Balaban J connectivity index is 1.55. The molecule has 0 unspecified atom stereocenters. The van der Waals surface area contributed by atoms with Crippen LogP contribution in [0.25, 0.3) is 0 Å². The molecule has 0 aromatic heterocycles. The Labute approximate surface area is 157 Å². The van der Waals surface area contributed by atoms with Crippen molar-refractivity contribution in [1.82, 2.24) is 5.32 Å². The van der Waals surface area contributed by atoms with Gasteiger partial charge < -0.3 is 15.0 Å². The molecule has 0 spiro atoms. The fourth-order valence-electron chi connectivity index (χ4n) is 3.10. The molecule has 2 aromatic carbocycles. The van der Waals surface area contributed by atoms with E-state index in [1.807, 2.05) is 48.5 Å². The van der Waals surface area contributed by atoms with E-state index < -0.39 is 0 Å². The van der Waals surface area contributed by atoms with Crippen LogP contribution < -0.4 is 10.2 Å². The molecule has 0 atom stereocenters. The van der Waals surface area contributed by atoms with Gasteiger partial charge in [-0.2, -0.15) is 0 Å². The summed E-state index contributed by atoms with van der Waals surface area (Å²) in [5, 5.41) is 2.96. The van der Waals surface area contributed by atoms with Gasteiger partial charge in [0.2, 0.25) is 0 Å². The van der Waals surface area contributed by atoms with E-state index in [1.165, 1.54) is 0 Å². The molecule has 25 heavy (non-hydrogen) atoms.